The van der Waals surface area contributed by atoms with Crippen LogP contribution in [-0.4, -0.2) is 13.2 Å². The molecule has 2 heteroatoms. The summed E-state index contributed by atoms with van der Waals surface area (Å²) in [6, 6.07) is 0. The highest BCUT2D eigenvalue weighted by Crippen LogP contribution is 2.27. The Kier molecular flexibility index (Phi) is 1.53. The maximum absolute atomic E-state index is 5.39. The van der Waals surface area contributed by atoms with Crippen LogP contribution in [-0.2, 0) is 9.47 Å². The molecule has 0 aromatic heterocycles. The molecule has 0 bridgehead atoms. The van der Waals surface area contributed by atoms with Crippen LogP contribution in [0.4, 0.5) is 0 Å². The lowest BCUT2D eigenvalue weighted by molar-refractivity contribution is 0.205. The van der Waals surface area contributed by atoms with Crippen molar-refractivity contribution in [2.75, 3.05) is 13.2 Å². The molecule has 0 saturated carbocycles. The van der Waals surface area contributed by atoms with E-state index in [-0.39, 0.29) is 0 Å². The van der Waals surface area contributed by atoms with E-state index in [4.69, 9.17) is 9.47 Å². The quantitative estimate of drug-likeness (QED) is 0.511. The predicted octanol–water partition coefficient (Wildman–Crippen LogP) is 1.82. The van der Waals surface area contributed by atoms with E-state index in [1.165, 1.54) is 12.8 Å². The van der Waals surface area contributed by atoms with Crippen LogP contribution in [0.25, 0.3) is 0 Å². The van der Waals surface area contributed by atoms with E-state index in [1.807, 2.05) is 0 Å². The zero-order valence-corrected chi connectivity index (χ0v) is 6.06. The molecule has 2 aliphatic rings. The van der Waals surface area contributed by atoms with Crippen LogP contribution < -0.4 is 0 Å². The fraction of sp³-hybridized carbons (Fsp3) is 0.750. The molecule has 2 rings (SSSR count). The first-order valence-electron chi connectivity index (χ1n) is 3.94. The summed E-state index contributed by atoms with van der Waals surface area (Å²) in [5.41, 5.74) is 0. The van der Waals surface area contributed by atoms with E-state index >= 15 is 0 Å². The van der Waals surface area contributed by atoms with E-state index in [9.17, 15) is 0 Å². The van der Waals surface area contributed by atoms with Gasteiger partial charge in [-0.25, -0.2) is 0 Å². The third-order valence-corrected chi connectivity index (χ3v) is 1.96. The van der Waals surface area contributed by atoms with Crippen molar-refractivity contribution < 1.29 is 9.47 Å². The normalized spacial score (nSPS) is 32.0. The van der Waals surface area contributed by atoms with Gasteiger partial charge in [-0.05, 0) is 12.8 Å². The van der Waals surface area contributed by atoms with Gasteiger partial charge in [0, 0.05) is 12.8 Å². The minimum Gasteiger partial charge on any atom is -0.494 e. The highest BCUT2D eigenvalue weighted by Gasteiger charge is 2.18. The Morgan fingerprint density at radius 1 is 0.800 bits per heavy atom. The Morgan fingerprint density at radius 2 is 1.30 bits per heavy atom. The van der Waals surface area contributed by atoms with Gasteiger partial charge in [-0.15, -0.1) is 0 Å². The minimum absolute atomic E-state index is 0.891. The second-order valence-electron chi connectivity index (χ2n) is 2.75. The lowest BCUT2D eigenvalue weighted by Crippen LogP contribution is -1.87. The van der Waals surface area contributed by atoms with Crippen molar-refractivity contribution in [3.63, 3.8) is 0 Å². The van der Waals surface area contributed by atoms with Gasteiger partial charge in [0.05, 0.1) is 13.2 Å². The molecule has 2 fully saturated rings. The van der Waals surface area contributed by atoms with Gasteiger partial charge in [0.2, 0.25) is 0 Å². The fourth-order valence-corrected chi connectivity index (χ4v) is 1.44. The van der Waals surface area contributed by atoms with Gasteiger partial charge in [0.1, 0.15) is 11.5 Å². The number of hydrogen-bond acceptors (Lipinski definition) is 2. The SMILES string of the molecule is C1CO/C(=C2\CCCO2)C1. The Hall–Kier alpha value is -0.660. The molecule has 0 aromatic rings. The highest BCUT2D eigenvalue weighted by molar-refractivity contribution is 5.06. The van der Waals surface area contributed by atoms with Crippen LogP contribution >= 0.6 is 0 Å². The first kappa shape index (κ1) is 6.08. The van der Waals surface area contributed by atoms with Crippen molar-refractivity contribution in [2.45, 2.75) is 25.7 Å². The van der Waals surface area contributed by atoms with Crippen molar-refractivity contribution in [1.82, 2.24) is 0 Å². The molecule has 0 N–H and O–H groups in total. The first-order chi connectivity index (χ1) is 4.97. The zero-order chi connectivity index (χ0) is 6.81. The maximum Gasteiger partial charge on any atom is 0.134 e. The molecule has 2 saturated heterocycles. The summed E-state index contributed by atoms with van der Waals surface area (Å²) in [5, 5.41) is 0. The van der Waals surface area contributed by atoms with Crippen LogP contribution in [0.5, 0.6) is 0 Å². The second-order valence-corrected chi connectivity index (χ2v) is 2.75. The summed E-state index contributed by atoms with van der Waals surface area (Å²) in [7, 11) is 0. The van der Waals surface area contributed by atoms with E-state index in [0.29, 0.717) is 0 Å². The van der Waals surface area contributed by atoms with Crippen LogP contribution in [0.1, 0.15) is 25.7 Å². The molecule has 0 unspecified atom stereocenters. The van der Waals surface area contributed by atoms with Gasteiger partial charge < -0.3 is 9.47 Å². The Balaban J connectivity index is 2.10. The lowest BCUT2D eigenvalue weighted by Gasteiger charge is -2.02. The summed E-state index contributed by atoms with van der Waals surface area (Å²) in [5.74, 6) is 2.25. The number of ether oxygens (including phenoxy) is 2. The van der Waals surface area contributed by atoms with Gasteiger partial charge in [-0.3, -0.25) is 0 Å². The molecule has 0 aliphatic carbocycles. The number of hydrogen-bond donors (Lipinski definition) is 0. The standard InChI is InChI=1S/C8H12O2/c1-3-7(9-5-1)8-4-2-6-10-8/h1-6H2/b8-7+. The molecule has 0 radical (unpaired) electrons. The van der Waals surface area contributed by atoms with E-state index in [2.05, 4.69) is 0 Å². The largest absolute Gasteiger partial charge is 0.494 e. The molecular weight excluding hydrogens is 128 g/mol. The Morgan fingerprint density at radius 3 is 1.60 bits per heavy atom. The van der Waals surface area contributed by atoms with Crippen LogP contribution in [0, 0.1) is 0 Å². The average molecular weight is 140 g/mol. The minimum atomic E-state index is 0.891. The third-order valence-electron chi connectivity index (χ3n) is 1.96. The zero-order valence-electron chi connectivity index (χ0n) is 6.06. The van der Waals surface area contributed by atoms with Gasteiger partial charge in [0.15, 0.2) is 0 Å². The molecule has 56 valence electrons. The second kappa shape index (κ2) is 2.52. The molecule has 2 nitrogen and oxygen atoms in total. The summed E-state index contributed by atoms with van der Waals surface area (Å²) >= 11 is 0. The topological polar surface area (TPSA) is 18.5 Å². The maximum atomic E-state index is 5.39. The fourth-order valence-electron chi connectivity index (χ4n) is 1.44. The van der Waals surface area contributed by atoms with Crippen molar-refractivity contribution in [2.24, 2.45) is 0 Å². The molecule has 0 spiro atoms. The smallest absolute Gasteiger partial charge is 0.134 e. The number of allylic oxidation sites excluding steroid dienone is 2. The summed E-state index contributed by atoms with van der Waals surface area (Å²) in [4.78, 5) is 0. The molecular formula is C8H12O2. The summed E-state index contributed by atoms with van der Waals surface area (Å²) in [6.07, 6.45) is 4.52. The van der Waals surface area contributed by atoms with Crippen LogP contribution in [0.3, 0.4) is 0 Å². The monoisotopic (exact) mass is 140 g/mol. The molecule has 10 heavy (non-hydrogen) atoms. The van der Waals surface area contributed by atoms with Crippen LogP contribution in [0.15, 0.2) is 11.5 Å². The molecule has 0 amide bonds. The third kappa shape index (κ3) is 0.981. The van der Waals surface area contributed by atoms with Crippen molar-refractivity contribution in [3.8, 4) is 0 Å². The van der Waals surface area contributed by atoms with Crippen molar-refractivity contribution in [1.29, 1.82) is 0 Å². The average Bonchev–Trinajstić information content (AvgIpc) is 2.59. The molecule has 0 atom stereocenters. The summed E-state index contributed by atoms with van der Waals surface area (Å²) in [6.45, 7) is 1.78. The Bertz CT molecular complexity index is 127. The van der Waals surface area contributed by atoms with Gasteiger partial charge in [0.25, 0.3) is 0 Å². The van der Waals surface area contributed by atoms with Gasteiger partial charge in [-0.1, -0.05) is 0 Å². The van der Waals surface area contributed by atoms with E-state index < -0.39 is 0 Å². The lowest BCUT2D eigenvalue weighted by atomic mass is 10.2. The van der Waals surface area contributed by atoms with Crippen LogP contribution in [0.2, 0.25) is 0 Å². The van der Waals surface area contributed by atoms with E-state index in [1.54, 1.807) is 0 Å². The Labute approximate surface area is 60.8 Å². The molecule has 2 aliphatic heterocycles. The number of rotatable bonds is 0. The van der Waals surface area contributed by atoms with Crippen molar-refractivity contribution >= 4 is 0 Å². The van der Waals surface area contributed by atoms with E-state index in [0.717, 1.165) is 37.6 Å². The molecule has 2 heterocycles. The van der Waals surface area contributed by atoms with Crippen molar-refractivity contribution in [3.05, 3.63) is 11.5 Å². The van der Waals surface area contributed by atoms with Gasteiger partial charge in [-0.2, -0.15) is 0 Å². The first-order valence-corrected chi connectivity index (χ1v) is 3.94. The summed E-state index contributed by atoms with van der Waals surface area (Å²) < 4.78 is 10.8. The highest BCUT2D eigenvalue weighted by atomic mass is 16.5. The molecule has 0 aromatic carbocycles. The van der Waals surface area contributed by atoms with Gasteiger partial charge >= 0.3 is 0 Å². The predicted molar refractivity (Wildman–Crippen MR) is 37.4 cm³/mol.